The number of carbonyl (C=O) groups excluding carboxylic acids is 2. The third-order valence-electron chi connectivity index (χ3n) is 5.36. The van der Waals surface area contributed by atoms with Gasteiger partial charge in [0.2, 0.25) is 0 Å². The molecule has 4 rings (SSSR count). The summed E-state index contributed by atoms with van der Waals surface area (Å²) in [5.41, 5.74) is 1.04. The Bertz CT molecular complexity index is 931. The van der Waals surface area contributed by atoms with E-state index in [1.54, 1.807) is 31.3 Å². The zero-order valence-corrected chi connectivity index (χ0v) is 17.7. The van der Waals surface area contributed by atoms with E-state index in [4.69, 9.17) is 14.2 Å². The van der Waals surface area contributed by atoms with Crippen LogP contribution in [0.15, 0.2) is 36.5 Å². The van der Waals surface area contributed by atoms with Gasteiger partial charge in [0.15, 0.2) is 11.5 Å². The highest BCUT2D eigenvalue weighted by molar-refractivity contribution is 5.95. The van der Waals surface area contributed by atoms with E-state index in [-0.39, 0.29) is 11.9 Å². The molecule has 1 aromatic carbocycles. The topological polar surface area (TPSA) is 81.2 Å². The van der Waals surface area contributed by atoms with Gasteiger partial charge in [-0.1, -0.05) is 0 Å². The molecule has 1 aromatic heterocycles. The van der Waals surface area contributed by atoms with Gasteiger partial charge in [0.25, 0.3) is 5.91 Å². The Morgan fingerprint density at radius 2 is 1.77 bits per heavy atom. The molecule has 1 saturated heterocycles. The third kappa shape index (κ3) is 4.90. The van der Waals surface area contributed by atoms with Gasteiger partial charge in [0.05, 0.1) is 25.4 Å². The van der Waals surface area contributed by atoms with Crippen molar-refractivity contribution in [2.45, 2.75) is 19.8 Å². The Morgan fingerprint density at radius 3 is 2.55 bits per heavy atom. The molecule has 0 radical (unpaired) electrons. The number of ether oxygens (including phenoxy) is 3. The summed E-state index contributed by atoms with van der Waals surface area (Å²) in [6, 6.07) is 8.95. The van der Waals surface area contributed by atoms with Gasteiger partial charge in [-0.05, 0) is 43.7 Å². The van der Waals surface area contributed by atoms with Crippen LogP contribution in [0.25, 0.3) is 0 Å². The standard InChI is InChI=1S/C23H27N3O5/c1-2-29-23(28)18-6-8-21(24-16-18)25-9-3-10-26(12-11-25)22(27)17-5-7-19-20(15-17)31-14-4-13-30-19/h5-8,15-16H,2-4,9-14H2,1H3. The van der Waals surface area contributed by atoms with Gasteiger partial charge in [0, 0.05) is 44.4 Å². The highest BCUT2D eigenvalue weighted by atomic mass is 16.5. The number of pyridine rings is 1. The molecule has 8 heteroatoms. The molecule has 0 atom stereocenters. The van der Waals surface area contributed by atoms with Crippen molar-refractivity contribution in [3.05, 3.63) is 47.7 Å². The van der Waals surface area contributed by atoms with Crippen LogP contribution in [-0.2, 0) is 4.74 Å². The van der Waals surface area contributed by atoms with E-state index >= 15 is 0 Å². The van der Waals surface area contributed by atoms with Gasteiger partial charge >= 0.3 is 5.97 Å². The highest BCUT2D eigenvalue weighted by Crippen LogP contribution is 2.31. The zero-order chi connectivity index (χ0) is 21.6. The molecule has 31 heavy (non-hydrogen) atoms. The molecule has 0 bridgehead atoms. The number of hydrogen-bond acceptors (Lipinski definition) is 7. The van der Waals surface area contributed by atoms with Crippen LogP contribution in [0.4, 0.5) is 5.82 Å². The fourth-order valence-corrected chi connectivity index (χ4v) is 3.74. The quantitative estimate of drug-likeness (QED) is 0.697. The lowest BCUT2D eigenvalue weighted by atomic mass is 10.1. The van der Waals surface area contributed by atoms with Crippen LogP contribution in [0.5, 0.6) is 11.5 Å². The number of fused-ring (bicyclic) bond motifs is 1. The lowest BCUT2D eigenvalue weighted by Gasteiger charge is -2.23. The minimum atomic E-state index is -0.371. The van der Waals surface area contributed by atoms with Crippen molar-refractivity contribution in [1.29, 1.82) is 0 Å². The molecule has 0 unspecified atom stereocenters. The predicted molar refractivity (Wildman–Crippen MR) is 115 cm³/mol. The number of carbonyl (C=O) groups is 2. The van der Waals surface area contributed by atoms with E-state index in [0.29, 0.717) is 62.1 Å². The normalized spacial score (nSPS) is 16.3. The number of aromatic nitrogens is 1. The van der Waals surface area contributed by atoms with Crippen LogP contribution in [0.2, 0.25) is 0 Å². The molecule has 164 valence electrons. The molecule has 8 nitrogen and oxygen atoms in total. The first kappa shape index (κ1) is 21.0. The largest absolute Gasteiger partial charge is 0.490 e. The number of amides is 1. The van der Waals surface area contributed by atoms with Crippen LogP contribution in [0.3, 0.4) is 0 Å². The SMILES string of the molecule is CCOC(=O)c1ccc(N2CCCN(C(=O)c3ccc4c(c3)OCCCO4)CC2)nc1. The molecule has 2 aromatic rings. The average Bonchev–Trinajstić information content (AvgIpc) is 3.19. The molecule has 0 spiro atoms. The summed E-state index contributed by atoms with van der Waals surface area (Å²) in [7, 11) is 0. The summed E-state index contributed by atoms with van der Waals surface area (Å²) >= 11 is 0. The molecule has 0 saturated carbocycles. The first-order chi connectivity index (χ1) is 15.2. The number of hydrogen-bond donors (Lipinski definition) is 0. The monoisotopic (exact) mass is 425 g/mol. The Kier molecular flexibility index (Phi) is 6.54. The second kappa shape index (κ2) is 9.68. The van der Waals surface area contributed by atoms with E-state index < -0.39 is 0 Å². The van der Waals surface area contributed by atoms with Crippen molar-refractivity contribution in [3.63, 3.8) is 0 Å². The first-order valence-corrected chi connectivity index (χ1v) is 10.7. The average molecular weight is 425 g/mol. The van der Waals surface area contributed by atoms with Crippen molar-refractivity contribution >= 4 is 17.7 Å². The summed E-state index contributed by atoms with van der Waals surface area (Å²) in [6.45, 7) is 6.04. The summed E-state index contributed by atoms with van der Waals surface area (Å²) < 4.78 is 16.4. The third-order valence-corrected chi connectivity index (χ3v) is 5.36. The zero-order valence-electron chi connectivity index (χ0n) is 17.7. The van der Waals surface area contributed by atoms with Gasteiger partial charge in [-0.3, -0.25) is 4.79 Å². The summed E-state index contributed by atoms with van der Waals surface area (Å²) in [4.78, 5) is 33.3. The Labute approximate surface area is 181 Å². The molecule has 0 N–H and O–H groups in total. The summed E-state index contributed by atoms with van der Waals surface area (Å²) in [5, 5.41) is 0. The van der Waals surface area contributed by atoms with Crippen molar-refractivity contribution in [2.24, 2.45) is 0 Å². The number of rotatable bonds is 4. The number of esters is 1. The minimum absolute atomic E-state index is 0.0110. The first-order valence-electron chi connectivity index (χ1n) is 10.7. The van der Waals surface area contributed by atoms with Crippen molar-refractivity contribution in [3.8, 4) is 11.5 Å². The van der Waals surface area contributed by atoms with Crippen LogP contribution in [-0.4, -0.2) is 67.8 Å². The summed E-state index contributed by atoms with van der Waals surface area (Å²) in [5.74, 6) is 1.73. The number of benzene rings is 1. The van der Waals surface area contributed by atoms with E-state index in [9.17, 15) is 9.59 Å². The lowest BCUT2D eigenvalue weighted by Crippen LogP contribution is -2.35. The van der Waals surface area contributed by atoms with E-state index in [2.05, 4.69) is 9.88 Å². The van der Waals surface area contributed by atoms with Gasteiger partial charge in [-0.15, -0.1) is 0 Å². The van der Waals surface area contributed by atoms with E-state index in [0.717, 1.165) is 25.2 Å². The lowest BCUT2D eigenvalue weighted by molar-refractivity contribution is 0.0525. The van der Waals surface area contributed by atoms with Crippen molar-refractivity contribution < 1.29 is 23.8 Å². The fraction of sp³-hybridized carbons (Fsp3) is 0.435. The van der Waals surface area contributed by atoms with Crippen LogP contribution >= 0.6 is 0 Å². The maximum absolute atomic E-state index is 13.1. The van der Waals surface area contributed by atoms with Crippen molar-refractivity contribution in [2.75, 3.05) is 50.9 Å². The smallest absolute Gasteiger partial charge is 0.339 e. The molecule has 2 aliphatic heterocycles. The van der Waals surface area contributed by atoms with E-state index in [1.165, 1.54) is 0 Å². The molecule has 1 amide bonds. The maximum Gasteiger partial charge on any atom is 0.339 e. The number of nitrogens with zero attached hydrogens (tertiary/aromatic N) is 3. The minimum Gasteiger partial charge on any atom is -0.490 e. The van der Waals surface area contributed by atoms with Crippen LogP contribution < -0.4 is 14.4 Å². The molecule has 0 aliphatic carbocycles. The van der Waals surface area contributed by atoms with Gasteiger partial charge in [-0.2, -0.15) is 0 Å². The molecule has 3 heterocycles. The number of anilines is 1. The molecule has 2 aliphatic rings. The van der Waals surface area contributed by atoms with Gasteiger partial charge in [0.1, 0.15) is 5.82 Å². The van der Waals surface area contributed by atoms with Crippen LogP contribution in [0.1, 0.15) is 40.5 Å². The molecular weight excluding hydrogens is 398 g/mol. The van der Waals surface area contributed by atoms with Crippen molar-refractivity contribution in [1.82, 2.24) is 9.88 Å². The predicted octanol–water partition coefficient (Wildman–Crippen LogP) is 2.77. The van der Waals surface area contributed by atoms with Gasteiger partial charge < -0.3 is 24.0 Å². The second-order valence-corrected chi connectivity index (χ2v) is 7.47. The summed E-state index contributed by atoms with van der Waals surface area (Å²) in [6.07, 6.45) is 3.20. The van der Waals surface area contributed by atoms with E-state index in [1.807, 2.05) is 17.0 Å². The fourth-order valence-electron chi connectivity index (χ4n) is 3.74. The Hall–Kier alpha value is -3.29. The second-order valence-electron chi connectivity index (χ2n) is 7.47. The maximum atomic E-state index is 13.1. The molecular formula is C23H27N3O5. The molecule has 1 fully saturated rings. The van der Waals surface area contributed by atoms with Gasteiger partial charge in [-0.25, -0.2) is 9.78 Å². The highest BCUT2D eigenvalue weighted by Gasteiger charge is 2.23. The Balaban J connectivity index is 1.40. The Morgan fingerprint density at radius 1 is 0.968 bits per heavy atom. The van der Waals surface area contributed by atoms with Crippen LogP contribution in [0, 0.1) is 0 Å².